The summed E-state index contributed by atoms with van der Waals surface area (Å²) in [5.74, 6) is -3.75. The van der Waals surface area contributed by atoms with Crippen molar-refractivity contribution in [1.29, 1.82) is 0 Å². The summed E-state index contributed by atoms with van der Waals surface area (Å²) in [7, 11) is 1.24. The molecule has 1 spiro atoms. The zero-order valence-corrected chi connectivity index (χ0v) is 12.6. The molecule has 0 aromatic carbocycles. The fraction of sp³-hybridized carbons (Fsp3) is 0.733. The van der Waals surface area contributed by atoms with Gasteiger partial charge in [-0.15, -0.1) is 0 Å². The van der Waals surface area contributed by atoms with Crippen molar-refractivity contribution in [1.82, 2.24) is 0 Å². The van der Waals surface area contributed by atoms with E-state index in [4.69, 9.17) is 18.9 Å². The molecule has 0 radical (unpaired) electrons. The number of ether oxygens (including phenoxy) is 4. The molecule has 2 N–H and O–H groups in total. The molecule has 4 aliphatic rings. The Bertz CT molecular complexity index is 586. The fourth-order valence-electron chi connectivity index (χ4n) is 4.43. The molecule has 23 heavy (non-hydrogen) atoms. The summed E-state index contributed by atoms with van der Waals surface area (Å²) in [6.07, 6.45) is -0.392. The number of aliphatic hydroxyl groups is 2. The van der Waals surface area contributed by atoms with E-state index in [0.717, 1.165) is 0 Å². The predicted octanol–water partition coefficient (Wildman–Crippen LogP) is -1.06. The monoisotopic (exact) mass is 326 g/mol. The highest BCUT2D eigenvalue weighted by Gasteiger charge is 2.73. The quantitative estimate of drug-likeness (QED) is 0.488. The van der Waals surface area contributed by atoms with Crippen LogP contribution in [0, 0.1) is 23.7 Å². The van der Waals surface area contributed by atoms with Crippen molar-refractivity contribution in [3.63, 3.8) is 0 Å². The van der Waals surface area contributed by atoms with E-state index >= 15 is 0 Å². The molecule has 0 unspecified atom stereocenters. The van der Waals surface area contributed by atoms with Crippen molar-refractivity contribution in [3.8, 4) is 0 Å². The number of aliphatic hydroxyl groups excluding tert-OH is 2. The van der Waals surface area contributed by atoms with Gasteiger partial charge in [0.1, 0.15) is 17.9 Å². The summed E-state index contributed by atoms with van der Waals surface area (Å²) in [5, 5.41) is 20.0. The van der Waals surface area contributed by atoms with Crippen LogP contribution in [0.25, 0.3) is 0 Å². The number of hydrogen-bond donors (Lipinski definition) is 2. The Hall–Kier alpha value is -1.48. The molecular formula is C15H18O8. The van der Waals surface area contributed by atoms with Crippen molar-refractivity contribution in [2.75, 3.05) is 7.11 Å². The van der Waals surface area contributed by atoms with E-state index in [0.29, 0.717) is 0 Å². The average molecular weight is 326 g/mol. The lowest BCUT2D eigenvalue weighted by Gasteiger charge is -2.39. The molecular weight excluding hydrogens is 308 g/mol. The van der Waals surface area contributed by atoms with Crippen LogP contribution in [0.3, 0.4) is 0 Å². The van der Waals surface area contributed by atoms with E-state index in [2.05, 4.69) is 0 Å². The van der Waals surface area contributed by atoms with Crippen molar-refractivity contribution in [3.05, 3.63) is 12.2 Å². The first-order chi connectivity index (χ1) is 10.9. The second kappa shape index (κ2) is 4.76. The normalized spacial score (nSPS) is 51.1. The number of allylic oxidation sites excluding steroid dienone is 1. The Morgan fingerprint density at radius 1 is 1.43 bits per heavy atom. The fourth-order valence-corrected chi connectivity index (χ4v) is 4.43. The maximum atomic E-state index is 12.1. The van der Waals surface area contributed by atoms with Crippen LogP contribution in [-0.4, -0.2) is 59.7 Å². The molecule has 126 valence electrons. The van der Waals surface area contributed by atoms with Crippen LogP contribution in [-0.2, 0) is 28.5 Å². The first kappa shape index (κ1) is 15.1. The van der Waals surface area contributed by atoms with E-state index in [-0.39, 0.29) is 0 Å². The molecule has 0 saturated carbocycles. The minimum absolute atomic E-state index is 0.429. The maximum Gasteiger partial charge on any atom is 0.315 e. The molecule has 4 rings (SSSR count). The zero-order chi connectivity index (χ0) is 16.5. The number of carbonyl (C=O) groups excluding carboxylic acids is 2. The molecule has 3 saturated heterocycles. The highest BCUT2D eigenvalue weighted by molar-refractivity contribution is 5.79. The molecule has 8 heteroatoms. The lowest BCUT2D eigenvalue weighted by molar-refractivity contribution is -0.288. The van der Waals surface area contributed by atoms with Gasteiger partial charge in [0.05, 0.1) is 19.1 Å². The first-order valence-corrected chi connectivity index (χ1v) is 7.58. The molecule has 0 aromatic heterocycles. The van der Waals surface area contributed by atoms with Crippen molar-refractivity contribution in [2.45, 2.75) is 37.3 Å². The Morgan fingerprint density at radius 3 is 2.83 bits per heavy atom. The van der Waals surface area contributed by atoms with Gasteiger partial charge in [-0.05, 0) is 13.0 Å². The summed E-state index contributed by atoms with van der Waals surface area (Å²) in [5.41, 5.74) is -1.07. The molecule has 0 amide bonds. The van der Waals surface area contributed by atoms with Crippen LogP contribution in [0.4, 0.5) is 0 Å². The summed E-state index contributed by atoms with van der Waals surface area (Å²) in [6.45, 7) is 1.50. The highest BCUT2D eigenvalue weighted by atomic mass is 16.8. The summed E-state index contributed by atoms with van der Waals surface area (Å²) in [6, 6.07) is 0. The molecule has 0 bridgehead atoms. The van der Waals surface area contributed by atoms with Gasteiger partial charge >= 0.3 is 11.9 Å². The van der Waals surface area contributed by atoms with Crippen molar-refractivity contribution in [2.24, 2.45) is 23.7 Å². The third-order valence-electron chi connectivity index (χ3n) is 5.40. The Morgan fingerprint density at radius 2 is 2.17 bits per heavy atom. The molecule has 3 fully saturated rings. The second-order valence-electron chi connectivity index (χ2n) is 6.50. The molecule has 1 aliphatic carbocycles. The third-order valence-corrected chi connectivity index (χ3v) is 5.40. The van der Waals surface area contributed by atoms with Crippen LogP contribution in [0.15, 0.2) is 12.2 Å². The number of methoxy groups -OCH3 is 1. The third kappa shape index (κ3) is 1.74. The van der Waals surface area contributed by atoms with Gasteiger partial charge in [-0.25, -0.2) is 0 Å². The SMILES string of the molecule is COC(=O)[C@H]1[C@@H]2C=C[C@]34OC(=O)[C@@H]([C@H](C)O)[C@@H]3O[C@H](O[C@@H]1O)[C@H]24. The highest BCUT2D eigenvalue weighted by Crippen LogP contribution is 2.59. The number of hydrogen-bond acceptors (Lipinski definition) is 8. The largest absolute Gasteiger partial charge is 0.469 e. The van der Waals surface area contributed by atoms with Gasteiger partial charge in [0.25, 0.3) is 0 Å². The molecule has 3 heterocycles. The van der Waals surface area contributed by atoms with E-state index in [9.17, 15) is 19.8 Å². The molecule has 3 aliphatic heterocycles. The maximum absolute atomic E-state index is 12.1. The summed E-state index contributed by atoms with van der Waals surface area (Å²) in [4.78, 5) is 24.1. The smallest absolute Gasteiger partial charge is 0.315 e. The topological polar surface area (TPSA) is 112 Å². The van der Waals surface area contributed by atoms with Gasteiger partial charge in [-0.3, -0.25) is 9.59 Å². The first-order valence-electron chi connectivity index (χ1n) is 7.58. The average Bonchev–Trinajstić information content (AvgIpc) is 3.06. The number of esters is 2. The van der Waals surface area contributed by atoms with Crippen LogP contribution in [0.2, 0.25) is 0 Å². The minimum atomic E-state index is -1.37. The summed E-state index contributed by atoms with van der Waals surface area (Å²) >= 11 is 0. The van der Waals surface area contributed by atoms with E-state index in [1.165, 1.54) is 14.0 Å². The van der Waals surface area contributed by atoms with E-state index < -0.39 is 66.0 Å². The van der Waals surface area contributed by atoms with Crippen LogP contribution in [0.5, 0.6) is 0 Å². The van der Waals surface area contributed by atoms with E-state index in [1.54, 1.807) is 12.2 Å². The van der Waals surface area contributed by atoms with Gasteiger partial charge in [0.2, 0.25) is 0 Å². The Kier molecular flexibility index (Phi) is 3.12. The van der Waals surface area contributed by atoms with Gasteiger partial charge in [0, 0.05) is 5.92 Å². The van der Waals surface area contributed by atoms with Crippen LogP contribution >= 0.6 is 0 Å². The van der Waals surface area contributed by atoms with E-state index in [1.807, 2.05) is 0 Å². The van der Waals surface area contributed by atoms with Gasteiger partial charge in [0.15, 0.2) is 18.2 Å². The minimum Gasteiger partial charge on any atom is -0.469 e. The van der Waals surface area contributed by atoms with Crippen molar-refractivity contribution < 1.29 is 38.7 Å². The van der Waals surface area contributed by atoms with Crippen LogP contribution < -0.4 is 0 Å². The molecule has 8 nitrogen and oxygen atoms in total. The van der Waals surface area contributed by atoms with Gasteiger partial charge in [-0.2, -0.15) is 0 Å². The molecule has 9 atom stereocenters. The lowest BCUT2D eigenvalue weighted by Crippen LogP contribution is -2.52. The number of rotatable bonds is 2. The van der Waals surface area contributed by atoms with Gasteiger partial charge in [-0.1, -0.05) is 6.08 Å². The zero-order valence-electron chi connectivity index (χ0n) is 12.6. The summed E-state index contributed by atoms with van der Waals surface area (Å²) < 4.78 is 21.6. The standard InChI is InChI=1S/C15H18O8/c1-5(16)7-10-15(23-13(7)19)4-3-6-8(11(17)20-2)12(18)22-14(21-10)9(6)15/h3-10,12,14,16,18H,1-2H3/t5-,6-,7-,8+,9-,10-,12-,14+,15+/m0/s1. The van der Waals surface area contributed by atoms with Crippen molar-refractivity contribution >= 4 is 11.9 Å². The lowest BCUT2D eigenvalue weighted by atomic mass is 9.74. The predicted molar refractivity (Wildman–Crippen MR) is 71.4 cm³/mol. The number of carbonyl (C=O) groups is 2. The van der Waals surface area contributed by atoms with Gasteiger partial charge < -0.3 is 29.2 Å². The van der Waals surface area contributed by atoms with Crippen LogP contribution in [0.1, 0.15) is 6.92 Å². The molecule has 0 aromatic rings. The second-order valence-corrected chi connectivity index (χ2v) is 6.50. The Labute approximate surface area is 132 Å². The Balaban J connectivity index is 1.73.